The van der Waals surface area contributed by atoms with Gasteiger partial charge in [0.15, 0.2) is 5.78 Å². The number of unbranched alkanes of at least 4 members (excludes halogenated alkanes) is 2. The van der Waals surface area contributed by atoms with Gasteiger partial charge in [0.25, 0.3) is 0 Å². The van der Waals surface area contributed by atoms with Gasteiger partial charge in [0.2, 0.25) is 5.91 Å². The molecule has 0 radical (unpaired) electrons. The van der Waals surface area contributed by atoms with Crippen LogP contribution in [0.15, 0.2) is 35.9 Å². The maximum absolute atomic E-state index is 12.1. The fourth-order valence-electron chi connectivity index (χ4n) is 5.09. The first-order valence-corrected chi connectivity index (χ1v) is 11.8. The summed E-state index contributed by atoms with van der Waals surface area (Å²) < 4.78 is 0. The summed E-state index contributed by atoms with van der Waals surface area (Å²) in [7, 11) is 0. The van der Waals surface area contributed by atoms with Crippen molar-refractivity contribution in [3.05, 3.63) is 52.6 Å². The molecule has 0 unspecified atom stereocenters. The second-order valence-electron chi connectivity index (χ2n) is 9.07. The normalized spacial score (nSPS) is 16.9. The molecule has 0 fully saturated rings. The lowest BCUT2D eigenvalue weighted by Gasteiger charge is -2.25. The molecule has 0 aromatic heterocycles. The van der Waals surface area contributed by atoms with Crippen molar-refractivity contribution in [3.8, 4) is 0 Å². The number of carbonyl (C=O) groups excluding carboxylic acids is 2. The highest BCUT2D eigenvalue weighted by molar-refractivity contribution is 5.98. The Kier molecular flexibility index (Phi) is 7.08. The molecule has 4 rings (SSSR count). The van der Waals surface area contributed by atoms with Crippen LogP contribution in [-0.2, 0) is 28.9 Å². The summed E-state index contributed by atoms with van der Waals surface area (Å²) in [6.07, 6.45) is 12.7. The van der Waals surface area contributed by atoms with Crippen LogP contribution in [-0.4, -0.2) is 47.4 Å². The largest absolute Gasteiger partial charge is 0.465 e. The lowest BCUT2D eigenvalue weighted by Crippen LogP contribution is -2.32. The van der Waals surface area contributed by atoms with E-state index in [1.54, 1.807) is 12.2 Å². The van der Waals surface area contributed by atoms with E-state index < -0.39 is 6.09 Å². The van der Waals surface area contributed by atoms with E-state index in [-0.39, 0.29) is 11.7 Å². The molecule has 0 saturated heterocycles. The number of hydrogen-bond donors (Lipinski definition) is 1. The van der Waals surface area contributed by atoms with Crippen molar-refractivity contribution in [2.75, 3.05) is 24.5 Å². The van der Waals surface area contributed by atoms with E-state index in [0.29, 0.717) is 25.9 Å². The molecule has 1 aliphatic carbocycles. The Balaban J connectivity index is 1.19. The monoisotopic (exact) mass is 436 g/mol. The van der Waals surface area contributed by atoms with Gasteiger partial charge >= 0.3 is 6.09 Å². The highest BCUT2D eigenvalue weighted by atomic mass is 16.4. The van der Waals surface area contributed by atoms with Crippen LogP contribution >= 0.6 is 0 Å². The van der Waals surface area contributed by atoms with Crippen molar-refractivity contribution in [1.29, 1.82) is 0 Å². The summed E-state index contributed by atoms with van der Waals surface area (Å²) in [5.74, 6) is 0.379. The van der Waals surface area contributed by atoms with Crippen molar-refractivity contribution < 1.29 is 19.5 Å². The maximum Gasteiger partial charge on any atom is 0.407 e. The van der Waals surface area contributed by atoms with Gasteiger partial charge in [0.1, 0.15) is 0 Å². The number of amides is 2. The van der Waals surface area contributed by atoms with Crippen LogP contribution in [0.1, 0.15) is 61.6 Å². The Labute approximate surface area is 189 Å². The number of ketones is 1. The van der Waals surface area contributed by atoms with Gasteiger partial charge in [-0.05, 0) is 67.7 Å². The summed E-state index contributed by atoms with van der Waals surface area (Å²) in [6.45, 7) is 1.88. The van der Waals surface area contributed by atoms with E-state index >= 15 is 0 Å². The number of hydrogen-bond acceptors (Lipinski definition) is 3. The summed E-state index contributed by atoms with van der Waals surface area (Å²) in [6, 6.07) is 4.54. The van der Waals surface area contributed by atoms with E-state index in [9.17, 15) is 19.5 Å². The number of rotatable bonds is 10. The third-order valence-electron chi connectivity index (χ3n) is 6.72. The Hall–Kier alpha value is -2.89. The zero-order valence-electron chi connectivity index (χ0n) is 18.6. The number of nitrogens with zero attached hydrogens (tertiary/aromatic N) is 2. The van der Waals surface area contributed by atoms with Gasteiger partial charge in [-0.25, -0.2) is 4.79 Å². The zero-order chi connectivity index (χ0) is 22.5. The second kappa shape index (κ2) is 10.2. The van der Waals surface area contributed by atoms with Crippen molar-refractivity contribution >= 4 is 23.5 Å². The van der Waals surface area contributed by atoms with E-state index in [1.807, 2.05) is 11.0 Å². The predicted molar refractivity (Wildman–Crippen MR) is 124 cm³/mol. The van der Waals surface area contributed by atoms with Gasteiger partial charge in [0.05, 0.1) is 5.69 Å². The molecule has 0 atom stereocenters. The Morgan fingerprint density at radius 3 is 2.53 bits per heavy atom. The van der Waals surface area contributed by atoms with Gasteiger partial charge in [-0.15, -0.1) is 0 Å². The lowest BCUT2D eigenvalue weighted by molar-refractivity contribution is -0.118. The van der Waals surface area contributed by atoms with Crippen LogP contribution in [0.25, 0.3) is 0 Å². The zero-order valence-corrected chi connectivity index (χ0v) is 18.6. The predicted octanol–water partition coefficient (Wildman–Crippen LogP) is 4.45. The number of aryl methyl sites for hydroxylation is 2. The molecule has 3 aliphatic rings. The number of benzene rings is 1. The summed E-state index contributed by atoms with van der Waals surface area (Å²) in [5.41, 5.74) is 6.23. The van der Waals surface area contributed by atoms with Crippen LogP contribution in [0.3, 0.4) is 0 Å². The quantitative estimate of drug-likeness (QED) is 0.550. The second-order valence-corrected chi connectivity index (χ2v) is 9.07. The number of allylic oxidation sites excluding steroid dienone is 4. The molecular formula is C26H32N2O4. The topological polar surface area (TPSA) is 77.9 Å². The van der Waals surface area contributed by atoms with Gasteiger partial charge in [0, 0.05) is 32.5 Å². The molecule has 1 aromatic rings. The SMILES string of the molecule is O=C1C=CC=C(CCCN(CCCCCc2cc3c4c(c2)CCN4C(=O)CC3)C(=O)O)C1. The number of anilines is 1. The molecule has 170 valence electrons. The molecule has 0 spiro atoms. The number of carboxylic acid groups (broad SMARTS) is 1. The molecule has 0 bridgehead atoms. The minimum absolute atomic E-state index is 0.121. The third kappa shape index (κ3) is 5.29. The molecule has 32 heavy (non-hydrogen) atoms. The minimum Gasteiger partial charge on any atom is -0.465 e. The van der Waals surface area contributed by atoms with E-state index in [0.717, 1.165) is 63.5 Å². The third-order valence-corrected chi connectivity index (χ3v) is 6.72. The first kappa shape index (κ1) is 22.3. The molecule has 2 amide bonds. The Morgan fingerprint density at radius 2 is 1.75 bits per heavy atom. The van der Waals surface area contributed by atoms with E-state index in [1.165, 1.54) is 27.3 Å². The highest BCUT2D eigenvalue weighted by Gasteiger charge is 2.31. The van der Waals surface area contributed by atoms with Crippen molar-refractivity contribution in [2.24, 2.45) is 0 Å². The maximum atomic E-state index is 12.1. The standard InChI is InChI=1S/C26H32N2O4/c29-23-9-4-7-19(18-23)8-5-14-27(26(31)32)13-3-1-2-6-20-16-21-10-11-24(30)28-15-12-22(17-20)25(21)28/h4,7,9,16-17H,1-3,5-6,8,10-15,18H2,(H,31,32). The highest BCUT2D eigenvalue weighted by Crippen LogP contribution is 2.37. The van der Waals surface area contributed by atoms with Gasteiger partial charge in [-0.3, -0.25) is 9.59 Å². The molecule has 2 aliphatic heterocycles. The molecule has 6 heteroatoms. The minimum atomic E-state index is -0.865. The summed E-state index contributed by atoms with van der Waals surface area (Å²) in [5, 5.41) is 9.50. The molecule has 2 heterocycles. The molecule has 0 saturated carbocycles. The summed E-state index contributed by atoms with van der Waals surface area (Å²) >= 11 is 0. The molecule has 1 N–H and O–H groups in total. The average molecular weight is 437 g/mol. The van der Waals surface area contributed by atoms with Crippen molar-refractivity contribution in [1.82, 2.24) is 4.90 Å². The van der Waals surface area contributed by atoms with Crippen LogP contribution in [0.2, 0.25) is 0 Å². The van der Waals surface area contributed by atoms with Gasteiger partial charge in [-0.1, -0.05) is 36.3 Å². The fraction of sp³-hybridized carbons (Fsp3) is 0.500. The van der Waals surface area contributed by atoms with Gasteiger partial charge < -0.3 is 14.9 Å². The first-order valence-electron chi connectivity index (χ1n) is 11.8. The molecular weight excluding hydrogens is 404 g/mol. The van der Waals surface area contributed by atoms with Crippen molar-refractivity contribution in [2.45, 2.75) is 64.2 Å². The van der Waals surface area contributed by atoms with Crippen LogP contribution < -0.4 is 4.90 Å². The Bertz CT molecular complexity index is 963. The van der Waals surface area contributed by atoms with Crippen LogP contribution in [0.5, 0.6) is 0 Å². The molecule has 6 nitrogen and oxygen atoms in total. The summed E-state index contributed by atoms with van der Waals surface area (Å²) in [4.78, 5) is 38.6. The molecule has 1 aromatic carbocycles. The van der Waals surface area contributed by atoms with E-state index in [2.05, 4.69) is 12.1 Å². The number of carbonyl (C=O) groups is 3. The smallest absolute Gasteiger partial charge is 0.407 e. The first-order chi connectivity index (χ1) is 15.5. The van der Waals surface area contributed by atoms with Crippen LogP contribution in [0, 0.1) is 0 Å². The fourth-order valence-corrected chi connectivity index (χ4v) is 5.09. The van der Waals surface area contributed by atoms with Crippen molar-refractivity contribution in [3.63, 3.8) is 0 Å². The van der Waals surface area contributed by atoms with Crippen LogP contribution in [0.4, 0.5) is 10.5 Å². The van der Waals surface area contributed by atoms with E-state index in [4.69, 9.17) is 0 Å². The lowest BCUT2D eigenvalue weighted by atomic mass is 9.94. The average Bonchev–Trinajstić information content (AvgIpc) is 3.20. The Morgan fingerprint density at radius 1 is 0.969 bits per heavy atom. The van der Waals surface area contributed by atoms with Gasteiger partial charge in [-0.2, -0.15) is 0 Å².